The molecule has 0 amide bonds. The number of phenols is 2. The minimum Gasteiger partial charge on any atom is -0.508 e. The van der Waals surface area contributed by atoms with Crippen LogP contribution < -0.4 is 26.8 Å². The number of rotatable bonds is 18. The number of aromatic hydroxyl groups is 2. The lowest BCUT2D eigenvalue weighted by Crippen LogP contribution is -2.55. The van der Waals surface area contributed by atoms with Gasteiger partial charge in [-0.25, -0.2) is 4.99 Å². The zero-order chi connectivity index (χ0) is 59.3. The van der Waals surface area contributed by atoms with Crippen molar-refractivity contribution in [1.82, 2.24) is 15.6 Å². The maximum atomic E-state index is 11.9. The highest BCUT2D eigenvalue weighted by Gasteiger charge is 2.64. The van der Waals surface area contributed by atoms with Gasteiger partial charge >= 0.3 is 0 Å². The summed E-state index contributed by atoms with van der Waals surface area (Å²) < 4.78 is 12.9. The predicted molar refractivity (Wildman–Crippen MR) is 345 cm³/mol. The average molecular weight is 1210 g/mol. The third kappa shape index (κ3) is 11.8. The summed E-state index contributed by atoms with van der Waals surface area (Å²) in [4.78, 5) is 9.09. The van der Waals surface area contributed by atoms with E-state index in [2.05, 4.69) is 59.0 Å². The van der Waals surface area contributed by atoms with E-state index in [1.807, 2.05) is 58.8 Å². The van der Waals surface area contributed by atoms with Gasteiger partial charge in [0, 0.05) is 78.3 Å². The van der Waals surface area contributed by atoms with Crippen LogP contribution in [0.3, 0.4) is 0 Å². The van der Waals surface area contributed by atoms with E-state index in [1.165, 1.54) is 81.0 Å². The molecular formula is C71H98N6O7S2. The molecule has 86 heavy (non-hydrogen) atoms. The summed E-state index contributed by atoms with van der Waals surface area (Å²) in [6.45, 7) is 5.51. The number of guanidine groups is 1. The number of hydrogen-bond acceptors (Lipinski definition) is 12. The molecule has 0 unspecified atom stereocenters. The SMILES string of the molecule is C[C@@H]1[C@@H]2C=C[C@]34CC[C@H](CCc5oc(CCc6ccc(O)c(OC[C@H](O)c7cc8c([nH]7)[C@H]7C=C[C@@]9(CCC[C@@H]9C79CCCC9)[C@H]8CNC[C@H](C)O)c6)cc5CO)C[C@H](C[C@H](N)[C@@H]3CSSC[C@@H]1N=C(N)N[C@H]1CCC[C@H](c3cccc(O)c3)C1)[C@H]4C2. The average Bonchev–Trinajstić information content (AvgIpc) is 2.05. The number of nitrogens with zero attached hydrogens (tertiary/aromatic N) is 1. The van der Waals surface area contributed by atoms with Crippen molar-refractivity contribution < 1.29 is 34.7 Å². The molecule has 13 nitrogen and oxygen atoms in total. The van der Waals surface area contributed by atoms with Crippen LogP contribution in [-0.4, -0.2) is 91.9 Å². The van der Waals surface area contributed by atoms with Crippen LogP contribution in [0, 0.1) is 57.7 Å². The number of aromatic amines is 1. The Balaban J connectivity index is 0.633. The minimum atomic E-state index is -0.923. The van der Waals surface area contributed by atoms with Crippen LogP contribution in [0.1, 0.15) is 192 Å². The molecule has 2 aromatic carbocycles. The summed E-state index contributed by atoms with van der Waals surface area (Å²) in [7, 11) is 3.95. The smallest absolute Gasteiger partial charge is 0.189 e. The van der Waals surface area contributed by atoms with Crippen LogP contribution >= 0.6 is 21.6 Å². The largest absolute Gasteiger partial charge is 0.508 e. The maximum absolute atomic E-state index is 11.9. The van der Waals surface area contributed by atoms with Crippen molar-refractivity contribution in [2.75, 3.05) is 31.2 Å². The number of hydrogen-bond donors (Lipinski definition) is 10. The van der Waals surface area contributed by atoms with Crippen molar-refractivity contribution in [3.63, 3.8) is 0 Å². The molecular weight excluding hydrogens is 1110 g/mol. The number of benzene rings is 2. The standard InChI is InChI=1S/C71H98N6O7S2/c1-42(79)36-74-37-57-54-35-60(76-67(54)55-21-27-71(57)24-7-12-66(71)70(55)22-3-4-23-70)63(82)39-83-65-29-44(14-17-62(65)81)13-16-53-32-50(38-78)64(84-53)18-15-45-19-25-69-26-20-46-33-56(69)49(28-45)34-59(72)58(69)40-85-86-41-61(43(46)2)77-68(73)75-51-10-5-8-47(30-51)48-9-6-11-52(80)31-48/h6,9,11,14,17,20-21,26-27,29,31-32,35,42-43,45-47,49,51,55-59,61,63,66,74,76,78-82H,3-5,7-8,10,12-13,15-16,18-19,22-25,28,30,33-34,36-41,72H2,1-2H3,(H3,73,75,77)/t42-,43+,45-,46+,47-,49+,51-,55+,56+,57-,58-,59-,61-,63-,66+,69-,71-/m0/s1. The summed E-state index contributed by atoms with van der Waals surface area (Å²) in [5.41, 5.74) is 20.9. The molecule has 7 bridgehead atoms. The minimum absolute atomic E-state index is 0.00973. The van der Waals surface area contributed by atoms with E-state index in [4.69, 9.17) is 25.6 Å². The lowest BCUT2D eigenvalue weighted by molar-refractivity contribution is -0.00497. The number of H-pyrrole nitrogens is 1. The Hall–Kier alpha value is -4.35. The van der Waals surface area contributed by atoms with Gasteiger partial charge in [0.1, 0.15) is 30.0 Å². The number of nitrogens with one attached hydrogen (secondary N) is 3. The van der Waals surface area contributed by atoms with Crippen LogP contribution in [0.15, 0.2) is 88.3 Å². The van der Waals surface area contributed by atoms with Gasteiger partial charge in [0.2, 0.25) is 0 Å². The van der Waals surface area contributed by atoms with Crippen LogP contribution in [-0.2, 0) is 25.9 Å². The molecule has 15 heteroatoms. The molecule has 466 valence electrons. The van der Waals surface area contributed by atoms with Gasteiger partial charge in [0.15, 0.2) is 17.5 Å². The van der Waals surface area contributed by atoms with Crippen LogP contribution in [0.2, 0.25) is 0 Å². The van der Waals surface area contributed by atoms with E-state index >= 15 is 0 Å². The van der Waals surface area contributed by atoms with E-state index in [0.29, 0.717) is 84.2 Å². The van der Waals surface area contributed by atoms with Gasteiger partial charge in [-0.05, 0) is 213 Å². The highest BCUT2D eigenvalue weighted by Crippen LogP contribution is 2.72. The molecule has 3 spiro atoms. The van der Waals surface area contributed by atoms with Gasteiger partial charge in [-0.2, -0.15) is 0 Å². The number of fused-ring (bicyclic) bond motifs is 5. The number of aryl methyl sites for hydroxylation is 3. The molecule has 2 aliphatic heterocycles. The zero-order valence-electron chi connectivity index (χ0n) is 51.0. The molecule has 4 aromatic rings. The first kappa shape index (κ1) is 60.6. The van der Waals surface area contributed by atoms with Crippen LogP contribution in [0.25, 0.3) is 0 Å². The van der Waals surface area contributed by atoms with E-state index in [9.17, 15) is 25.5 Å². The molecule has 6 fully saturated rings. The lowest BCUT2D eigenvalue weighted by Gasteiger charge is -2.56. The van der Waals surface area contributed by atoms with Crippen molar-refractivity contribution >= 4 is 27.5 Å². The van der Waals surface area contributed by atoms with Crippen LogP contribution in [0.5, 0.6) is 17.2 Å². The lowest BCUT2D eigenvalue weighted by atomic mass is 9.50. The third-order valence-electron chi connectivity index (χ3n) is 23.9. The fourth-order valence-electron chi connectivity index (χ4n) is 19.7. The Morgan fingerprint density at radius 2 is 1.72 bits per heavy atom. The summed E-state index contributed by atoms with van der Waals surface area (Å²) >= 11 is 0. The molecule has 17 atom stereocenters. The van der Waals surface area contributed by atoms with E-state index in [-0.39, 0.29) is 65.2 Å². The van der Waals surface area contributed by atoms with Crippen molar-refractivity contribution in [3.8, 4) is 17.2 Å². The highest BCUT2D eigenvalue weighted by atomic mass is 33.1. The molecule has 0 radical (unpaired) electrons. The first-order valence-corrected chi connectivity index (χ1v) is 35.9. The highest BCUT2D eigenvalue weighted by molar-refractivity contribution is 8.76. The summed E-state index contributed by atoms with van der Waals surface area (Å²) in [5, 5.41) is 61.3. The second-order valence-electron chi connectivity index (χ2n) is 28.7. The second-order valence-corrected chi connectivity index (χ2v) is 31.2. The number of aromatic nitrogens is 1. The summed E-state index contributed by atoms with van der Waals surface area (Å²) in [6, 6.07) is 18.0. The quantitative estimate of drug-likeness (QED) is 0.0194. The summed E-state index contributed by atoms with van der Waals surface area (Å²) in [5.74, 6) is 9.42. The molecule has 15 rings (SSSR count). The van der Waals surface area contributed by atoms with Crippen molar-refractivity contribution in [2.24, 2.45) is 74.1 Å². The number of furan rings is 1. The van der Waals surface area contributed by atoms with Gasteiger partial charge < -0.3 is 61.8 Å². The Bertz CT molecular complexity index is 3100. The van der Waals surface area contributed by atoms with Gasteiger partial charge in [-0.15, -0.1) is 0 Å². The Morgan fingerprint density at radius 3 is 2.56 bits per heavy atom. The fourth-order valence-corrected chi connectivity index (χ4v) is 22.6. The predicted octanol–water partition coefficient (Wildman–Crippen LogP) is 12.4. The Kier molecular flexibility index (Phi) is 18.0. The van der Waals surface area contributed by atoms with Gasteiger partial charge in [-0.1, -0.05) is 96.7 Å². The van der Waals surface area contributed by atoms with E-state index < -0.39 is 12.2 Å². The van der Waals surface area contributed by atoms with Crippen molar-refractivity contribution in [2.45, 2.75) is 197 Å². The fraction of sp³-hybridized carbons (Fsp3) is 0.648. The zero-order valence-corrected chi connectivity index (χ0v) is 52.7. The van der Waals surface area contributed by atoms with Crippen molar-refractivity contribution in [3.05, 3.63) is 124 Å². The second kappa shape index (κ2) is 25.5. The Labute approximate surface area is 518 Å². The van der Waals surface area contributed by atoms with Crippen molar-refractivity contribution in [1.29, 1.82) is 0 Å². The number of nitrogens with two attached hydrogens (primary N) is 2. The third-order valence-corrected chi connectivity index (χ3v) is 26.4. The van der Waals surface area contributed by atoms with Gasteiger partial charge in [-0.3, -0.25) is 0 Å². The number of aliphatic hydroxyl groups excluding tert-OH is 3. The number of phenolic OH excluding ortho intramolecular Hbond substituents is 2. The first-order valence-electron chi connectivity index (χ1n) is 33.5. The van der Waals surface area contributed by atoms with Crippen LogP contribution in [0.4, 0.5) is 0 Å². The molecule has 2 aromatic heterocycles. The first-order chi connectivity index (χ1) is 41.7. The normalized spacial score (nSPS) is 35.1. The topological polar surface area (TPSA) is 228 Å². The van der Waals surface area contributed by atoms with Gasteiger partial charge in [0.25, 0.3) is 0 Å². The molecule has 5 saturated carbocycles. The number of allylic oxidation sites excluding steroid dienone is 4. The number of aliphatic imine (C=N–C) groups is 1. The summed E-state index contributed by atoms with van der Waals surface area (Å²) in [6.07, 6.45) is 30.9. The number of ether oxygens (including phenoxy) is 1. The van der Waals surface area contributed by atoms with Gasteiger partial charge in [0.05, 0.1) is 18.8 Å². The number of aliphatic hydroxyl groups is 3. The molecule has 11 aliphatic rings. The maximum Gasteiger partial charge on any atom is 0.189 e. The molecule has 4 heterocycles. The Morgan fingerprint density at radius 1 is 0.872 bits per heavy atom. The monoisotopic (exact) mass is 1210 g/mol. The molecule has 1 saturated heterocycles. The molecule has 9 aliphatic carbocycles. The van der Waals surface area contributed by atoms with E-state index in [1.54, 1.807) is 12.1 Å². The van der Waals surface area contributed by atoms with E-state index in [0.717, 1.165) is 97.8 Å². The molecule has 12 N–H and O–H groups in total.